The molecule has 0 aliphatic heterocycles. The van der Waals surface area contributed by atoms with Gasteiger partial charge < -0.3 is 10.8 Å². The third-order valence-electron chi connectivity index (χ3n) is 2.06. The lowest BCUT2D eigenvalue weighted by Gasteiger charge is -2.11. The second-order valence-electron chi connectivity index (χ2n) is 3.60. The molecule has 17 heavy (non-hydrogen) atoms. The quantitative estimate of drug-likeness (QED) is 0.658. The van der Waals surface area contributed by atoms with Crippen LogP contribution in [0.4, 0.5) is 0 Å². The van der Waals surface area contributed by atoms with Crippen LogP contribution in [-0.4, -0.2) is 32.1 Å². The van der Waals surface area contributed by atoms with Gasteiger partial charge in [0.25, 0.3) is 0 Å². The fourth-order valence-corrected chi connectivity index (χ4v) is 2.47. The molecule has 0 bridgehead atoms. The van der Waals surface area contributed by atoms with E-state index in [1.807, 2.05) is 0 Å². The molecule has 1 rings (SSSR count). The zero-order chi connectivity index (χ0) is 13.1. The number of nitrogens with one attached hydrogen (secondary N) is 1. The Balaban J connectivity index is 3.07. The van der Waals surface area contributed by atoms with Gasteiger partial charge in [-0.1, -0.05) is 6.07 Å². The second kappa shape index (κ2) is 5.26. The molecule has 0 radical (unpaired) electrons. The van der Waals surface area contributed by atoms with Crippen LogP contribution in [-0.2, 0) is 10.0 Å². The van der Waals surface area contributed by atoms with Gasteiger partial charge in [0, 0.05) is 11.6 Å². The molecule has 0 saturated heterocycles. The first-order valence-corrected chi connectivity index (χ1v) is 6.38. The van der Waals surface area contributed by atoms with Crippen molar-refractivity contribution in [3.63, 3.8) is 0 Å². The van der Waals surface area contributed by atoms with Crippen LogP contribution < -0.4 is 10.5 Å². The molecule has 0 spiro atoms. The fourth-order valence-electron chi connectivity index (χ4n) is 1.19. The van der Waals surface area contributed by atoms with Crippen molar-refractivity contribution >= 4 is 15.9 Å². The maximum atomic E-state index is 11.8. The number of hydrogen-bond acceptors (Lipinski definition) is 4. The van der Waals surface area contributed by atoms with Crippen molar-refractivity contribution in [2.75, 3.05) is 6.61 Å². The Morgan fingerprint density at radius 2 is 2.18 bits per heavy atom. The molecule has 1 aromatic rings. The van der Waals surface area contributed by atoms with Crippen LogP contribution in [0.25, 0.3) is 0 Å². The molecule has 1 atom stereocenters. The Hall–Kier alpha value is -1.44. The van der Waals surface area contributed by atoms with Gasteiger partial charge in [-0.3, -0.25) is 4.79 Å². The molecule has 94 valence electrons. The topological polar surface area (TPSA) is 109 Å². The molecule has 0 heterocycles. The van der Waals surface area contributed by atoms with Crippen LogP contribution in [0.15, 0.2) is 29.2 Å². The number of amides is 1. The highest BCUT2D eigenvalue weighted by Gasteiger charge is 2.17. The van der Waals surface area contributed by atoms with Gasteiger partial charge in [0.15, 0.2) is 0 Å². The Morgan fingerprint density at radius 1 is 1.53 bits per heavy atom. The van der Waals surface area contributed by atoms with Crippen molar-refractivity contribution in [3.05, 3.63) is 29.8 Å². The number of carbonyl (C=O) groups is 1. The van der Waals surface area contributed by atoms with E-state index in [1.54, 1.807) is 0 Å². The highest BCUT2D eigenvalue weighted by Crippen LogP contribution is 2.11. The van der Waals surface area contributed by atoms with Gasteiger partial charge >= 0.3 is 0 Å². The molecular formula is C10H14N2O4S. The molecular weight excluding hydrogens is 244 g/mol. The highest BCUT2D eigenvalue weighted by atomic mass is 32.2. The summed E-state index contributed by atoms with van der Waals surface area (Å²) in [6.07, 6.45) is 0. The van der Waals surface area contributed by atoms with E-state index in [-0.39, 0.29) is 17.1 Å². The molecule has 0 aromatic heterocycles. The predicted octanol–water partition coefficient (Wildman–Crippen LogP) is -0.555. The van der Waals surface area contributed by atoms with Crippen molar-refractivity contribution in [3.8, 4) is 0 Å². The average molecular weight is 258 g/mol. The van der Waals surface area contributed by atoms with Crippen molar-refractivity contribution in [1.82, 2.24) is 4.72 Å². The van der Waals surface area contributed by atoms with Crippen LogP contribution in [0.3, 0.4) is 0 Å². The lowest BCUT2D eigenvalue weighted by Crippen LogP contribution is -2.35. The van der Waals surface area contributed by atoms with Crippen LogP contribution >= 0.6 is 0 Å². The van der Waals surface area contributed by atoms with Gasteiger partial charge in [0.05, 0.1) is 11.5 Å². The van der Waals surface area contributed by atoms with Gasteiger partial charge in [-0.05, 0) is 25.1 Å². The van der Waals surface area contributed by atoms with Crippen LogP contribution in [0, 0.1) is 0 Å². The smallest absolute Gasteiger partial charge is 0.248 e. The molecule has 0 fully saturated rings. The van der Waals surface area contributed by atoms with E-state index in [4.69, 9.17) is 10.8 Å². The SMILES string of the molecule is CC(CO)NS(=O)(=O)c1cccc(C(N)=O)c1. The molecule has 4 N–H and O–H groups in total. The lowest BCUT2D eigenvalue weighted by molar-refractivity contribution is 0.1000. The largest absolute Gasteiger partial charge is 0.395 e. The fraction of sp³-hybridized carbons (Fsp3) is 0.300. The average Bonchev–Trinajstić information content (AvgIpc) is 2.28. The molecule has 6 nitrogen and oxygen atoms in total. The number of sulfonamides is 1. The molecule has 0 saturated carbocycles. The van der Waals surface area contributed by atoms with Gasteiger partial charge in [-0.15, -0.1) is 0 Å². The Bertz CT molecular complexity index is 513. The minimum Gasteiger partial charge on any atom is -0.395 e. The van der Waals surface area contributed by atoms with Gasteiger partial charge in [-0.2, -0.15) is 0 Å². The van der Waals surface area contributed by atoms with Crippen molar-refractivity contribution in [1.29, 1.82) is 0 Å². The van der Waals surface area contributed by atoms with E-state index < -0.39 is 22.0 Å². The first-order chi connectivity index (χ1) is 7.86. The number of rotatable bonds is 5. The zero-order valence-corrected chi connectivity index (χ0v) is 10.1. The summed E-state index contributed by atoms with van der Waals surface area (Å²) in [6, 6.07) is 4.79. The van der Waals surface area contributed by atoms with Gasteiger partial charge in [0.2, 0.25) is 15.9 Å². The third kappa shape index (κ3) is 3.52. The summed E-state index contributed by atoms with van der Waals surface area (Å²) < 4.78 is 25.9. The Kier molecular flexibility index (Phi) is 4.22. The monoisotopic (exact) mass is 258 g/mol. The van der Waals surface area contributed by atoms with E-state index in [0.717, 1.165) is 0 Å². The second-order valence-corrected chi connectivity index (χ2v) is 5.31. The summed E-state index contributed by atoms with van der Waals surface area (Å²) in [5.74, 6) is -0.697. The summed E-state index contributed by atoms with van der Waals surface area (Å²) in [7, 11) is -3.75. The molecule has 0 aliphatic rings. The lowest BCUT2D eigenvalue weighted by atomic mass is 10.2. The van der Waals surface area contributed by atoms with Crippen molar-refractivity contribution < 1.29 is 18.3 Å². The number of hydrogen-bond donors (Lipinski definition) is 3. The highest BCUT2D eigenvalue weighted by molar-refractivity contribution is 7.89. The molecule has 1 amide bonds. The summed E-state index contributed by atoms with van der Waals surface area (Å²) in [6.45, 7) is 1.21. The summed E-state index contributed by atoms with van der Waals surface area (Å²) >= 11 is 0. The minimum atomic E-state index is -3.75. The van der Waals surface area contributed by atoms with Crippen molar-refractivity contribution in [2.45, 2.75) is 17.9 Å². The number of carbonyl (C=O) groups excluding carboxylic acids is 1. The Morgan fingerprint density at radius 3 is 2.71 bits per heavy atom. The summed E-state index contributed by atoms with van der Waals surface area (Å²) in [5, 5.41) is 8.79. The standard InChI is InChI=1S/C10H14N2O4S/c1-7(6-13)12-17(15,16)9-4-2-3-8(5-9)10(11)14/h2-5,7,12-13H,6H2,1H3,(H2,11,14). The zero-order valence-electron chi connectivity index (χ0n) is 9.25. The maximum Gasteiger partial charge on any atom is 0.248 e. The number of primary amides is 1. The number of aliphatic hydroxyl groups is 1. The molecule has 1 aromatic carbocycles. The molecule has 7 heteroatoms. The van der Waals surface area contributed by atoms with E-state index >= 15 is 0 Å². The number of aliphatic hydroxyl groups excluding tert-OH is 1. The van der Waals surface area contributed by atoms with Gasteiger partial charge in [0.1, 0.15) is 0 Å². The summed E-state index contributed by atoms with van der Waals surface area (Å²) in [5.41, 5.74) is 5.17. The van der Waals surface area contributed by atoms with E-state index in [0.29, 0.717) is 0 Å². The number of benzene rings is 1. The van der Waals surface area contributed by atoms with Gasteiger partial charge in [-0.25, -0.2) is 13.1 Å². The first-order valence-electron chi connectivity index (χ1n) is 4.90. The van der Waals surface area contributed by atoms with Crippen LogP contribution in [0.1, 0.15) is 17.3 Å². The molecule has 1 unspecified atom stereocenters. The first kappa shape index (κ1) is 13.6. The van der Waals surface area contributed by atoms with Crippen LogP contribution in [0.2, 0.25) is 0 Å². The minimum absolute atomic E-state index is 0.0610. The van der Waals surface area contributed by atoms with Crippen LogP contribution in [0.5, 0.6) is 0 Å². The Labute approximate surface area is 99.5 Å². The normalized spacial score (nSPS) is 13.3. The third-order valence-corrected chi connectivity index (χ3v) is 3.65. The predicted molar refractivity (Wildman–Crippen MR) is 61.8 cm³/mol. The van der Waals surface area contributed by atoms with E-state index in [1.165, 1.54) is 31.2 Å². The van der Waals surface area contributed by atoms with E-state index in [9.17, 15) is 13.2 Å². The van der Waals surface area contributed by atoms with E-state index in [2.05, 4.69) is 4.72 Å². The molecule has 0 aliphatic carbocycles. The maximum absolute atomic E-state index is 11.8. The van der Waals surface area contributed by atoms with Crippen molar-refractivity contribution in [2.24, 2.45) is 5.73 Å². The number of nitrogens with two attached hydrogens (primary N) is 1. The summed E-state index contributed by atoms with van der Waals surface area (Å²) in [4.78, 5) is 10.9.